The Morgan fingerprint density at radius 1 is 0.945 bits per heavy atom. The van der Waals surface area contributed by atoms with Crippen LogP contribution in [0.2, 0.25) is 5.02 Å². The van der Waals surface area contributed by atoms with E-state index >= 15 is 8.78 Å². The van der Waals surface area contributed by atoms with Crippen LogP contribution in [0.1, 0.15) is 40.7 Å². The molecular formula is C40H43ClF2N8O4. The highest BCUT2D eigenvalue weighted by Gasteiger charge is 2.30. The van der Waals surface area contributed by atoms with Gasteiger partial charge in [0.05, 0.1) is 41.5 Å². The molecule has 15 heteroatoms. The van der Waals surface area contributed by atoms with Crippen molar-refractivity contribution < 1.29 is 27.9 Å². The Hall–Kier alpha value is -5.60. The first kappa shape index (κ1) is 39.1. The number of rotatable bonds is 12. The minimum atomic E-state index is -1.12. The van der Waals surface area contributed by atoms with E-state index < -0.39 is 17.5 Å². The topological polar surface area (TPSA) is 129 Å². The molecular weight excluding hydrogens is 730 g/mol. The number of nitrogens with zero attached hydrogens (tertiary/aromatic N) is 6. The zero-order chi connectivity index (χ0) is 39.4. The van der Waals surface area contributed by atoms with Gasteiger partial charge in [0.1, 0.15) is 5.75 Å². The lowest BCUT2D eigenvalue weighted by Crippen LogP contribution is -2.52. The van der Waals surface area contributed by atoms with Crippen LogP contribution in [0.15, 0.2) is 67.0 Å². The molecule has 3 amide bonds. The number of H-pyrrole nitrogens is 1. The summed E-state index contributed by atoms with van der Waals surface area (Å²) in [6.45, 7) is 4.49. The molecule has 5 aromatic rings. The average Bonchev–Trinajstić information content (AvgIpc) is 3.82. The van der Waals surface area contributed by atoms with Crippen LogP contribution in [-0.2, 0) is 11.8 Å². The van der Waals surface area contributed by atoms with Crippen molar-refractivity contribution in [2.24, 2.45) is 13.0 Å². The first-order valence-corrected chi connectivity index (χ1v) is 18.3. The highest BCUT2D eigenvalue weighted by Crippen LogP contribution is 2.38. The number of hydrogen-bond acceptors (Lipinski definition) is 7. The van der Waals surface area contributed by atoms with Crippen LogP contribution >= 0.6 is 11.6 Å². The van der Waals surface area contributed by atoms with Crippen molar-refractivity contribution in [3.05, 3.63) is 95.0 Å². The molecule has 1 fully saturated rings. The van der Waals surface area contributed by atoms with Crippen LogP contribution < -0.4 is 10.1 Å². The fourth-order valence-corrected chi connectivity index (χ4v) is 7.06. The van der Waals surface area contributed by atoms with E-state index in [0.717, 1.165) is 19.4 Å². The lowest BCUT2D eigenvalue weighted by molar-refractivity contribution is -0.137. The van der Waals surface area contributed by atoms with Gasteiger partial charge in [-0.3, -0.25) is 19.5 Å². The number of aromatic nitrogens is 4. The van der Waals surface area contributed by atoms with Crippen LogP contribution in [0.3, 0.4) is 0 Å². The average molecular weight is 773 g/mol. The Morgan fingerprint density at radius 3 is 2.33 bits per heavy atom. The highest BCUT2D eigenvalue weighted by molar-refractivity contribution is 6.34. The number of aromatic amines is 1. The summed E-state index contributed by atoms with van der Waals surface area (Å²) in [7, 11) is 7.01. The van der Waals surface area contributed by atoms with Crippen LogP contribution in [0.4, 0.5) is 14.5 Å². The summed E-state index contributed by atoms with van der Waals surface area (Å²) in [5.41, 5.74) is 2.07. The van der Waals surface area contributed by atoms with Gasteiger partial charge in [-0.15, -0.1) is 0 Å². The first-order valence-electron chi connectivity index (χ1n) is 17.9. The summed E-state index contributed by atoms with van der Waals surface area (Å²) in [6, 6.07) is 14.6. The molecule has 12 nitrogen and oxygen atoms in total. The molecule has 1 atom stereocenters. The number of methoxy groups -OCH3 is 1. The van der Waals surface area contributed by atoms with Crippen molar-refractivity contribution in [3.63, 3.8) is 0 Å². The summed E-state index contributed by atoms with van der Waals surface area (Å²) in [5, 5.41) is 9.78. The normalized spacial score (nSPS) is 13.6. The minimum Gasteiger partial charge on any atom is -0.496 e. The maximum absolute atomic E-state index is 15.8. The second kappa shape index (κ2) is 16.8. The van der Waals surface area contributed by atoms with Crippen molar-refractivity contribution in [2.75, 3.05) is 59.2 Å². The van der Waals surface area contributed by atoms with E-state index in [2.05, 4.69) is 25.4 Å². The molecule has 1 aliphatic heterocycles. The molecule has 288 valence electrons. The molecule has 3 aromatic carbocycles. The predicted octanol–water partition coefficient (Wildman–Crippen LogP) is 6.60. The smallest absolute Gasteiger partial charge is 0.291 e. The minimum absolute atomic E-state index is 0.0107. The summed E-state index contributed by atoms with van der Waals surface area (Å²) in [6.07, 6.45) is 4.26. The number of halogens is 3. The molecule has 3 heterocycles. The van der Waals surface area contributed by atoms with E-state index in [-0.39, 0.29) is 51.0 Å². The SMILES string of the molecule is CCC(CCN(C)C)C(=O)N1CCN(C(=O)c2ccc(NC(=O)c3ncc(-c4ccc(-c5cn[nH]c5-c5ccccc5OC)c(F)c4F)n3C)cc2Cl)CC1. The van der Waals surface area contributed by atoms with E-state index in [1.54, 1.807) is 35.2 Å². The van der Waals surface area contributed by atoms with Crippen molar-refractivity contribution in [2.45, 2.75) is 19.8 Å². The molecule has 0 radical (unpaired) electrons. The number of hydrogen-bond donors (Lipinski definition) is 2. The lowest BCUT2D eigenvalue weighted by Gasteiger charge is -2.36. The number of amides is 3. The van der Waals surface area contributed by atoms with Crippen molar-refractivity contribution >= 4 is 35.0 Å². The second-order valence-electron chi connectivity index (χ2n) is 13.6. The third-order valence-corrected chi connectivity index (χ3v) is 10.3. The summed E-state index contributed by atoms with van der Waals surface area (Å²) in [5.74, 6) is -2.58. The van der Waals surface area contributed by atoms with Gasteiger partial charge in [0, 0.05) is 67.1 Å². The van der Waals surface area contributed by atoms with E-state index in [0.29, 0.717) is 54.4 Å². The van der Waals surface area contributed by atoms with Gasteiger partial charge in [0.2, 0.25) is 5.91 Å². The van der Waals surface area contributed by atoms with E-state index in [1.807, 2.05) is 25.9 Å². The van der Waals surface area contributed by atoms with Crippen LogP contribution in [0, 0.1) is 17.6 Å². The van der Waals surface area contributed by atoms with Gasteiger partial charge >= 0.3 is 0 Å². The third-order valence-electron chi connectivity index (χ3n) is 9.96. The molecule has 6 rings (SSSR count). The van der Waals surface area contributed by atoms with Gasteiger partial charge in [-0.25, -0.2) is 13.8 Å². The van der Waals surface area contributed by atoms with Gasteiger partial charge in [-0.1, -0.05) is 36.7 Å². The fraction of sp³-hybridized carbons (Fsp3) is 0.325. The Kier molecular flexibility index (Phi) is 12.0. The van der Waals surface area contributed by atoms with E-state index in [1.165, 1.54) is 55.4 Å². The molecule has 2 aromatic heterocycles. The van der Waals surface area contributed by atoms with E-state index in [9.17, 15) is 14.4 Å². The zero-order valence-corrected chi connectivity index (χ0v) is 32.1. The fourth-order valence-electron chi connectivity index (χ4n) is 6.80. The maximum atomic E-state index is 15.8. The third kappa shape index (κ3) is 8.10. The van der Waals surface area contributed by atoms with Gasteiger partial charge in [0.25, 0.3) is 11.8 Å². The Labute approximate surface area is 323 Å². The molecule has 1 saturated heterocycles. The molecule has 2 N–H and O–H groups in total. The largest absolute Gasteiger partial charge is 0.496 e. The summed E-state index contributed by atoms with van der Waals surface area (Å²) >= 11 is 6.55. The Bertz CT molecular complexity index is 2210. The summed E-state index contributed by atoms with van der Waals surface area (Å²) < 4.78 is 38.3. The molecule has 1 aliphatic rings. The summed E-state index contributed by atoms with van der Waals surface area (Å²) in [4.78, 5) is 49.6. The number of para-hydroxylation sites is 1. The quantitative estimate of drug-likeness (QED) is 0.146. The number of nitrogens with one attached hydrogen (secondary N) is 2. The van der Waals surface area contributed by atoms with Crippen LogP contribution in [0.5, 0.6) is 5.75 Å². The van der Waals surface area contributed by atoms with Crippen LogP contribution in [0.25, 0.3) is 33.6 Å². The second-order valence-corrected chi connectivity index (χ2v) is 14.0. The standard InChI is InChI=1S/C40H43ClF2N8O4/c1-6-24(15-16-48(2)3)39(53)50-17-19-51(20-18-50)40(54)27-12-11-25(21-31(27)41)46-38(52)37-44-23-32(49(37)4)28-14-13-26(34(42)35(28)43)30-22-45-47-36(30)29-9-7-8-10-33(29)55-5/h7-14,21-24H,6,15-20H2,1-5H3,(H,45,47)(H,46,52). The van der Waals surface area contributed by atoms with Crippen LogP contribution in [-0.4, -0.2) is 106 Å². The number of benzene rings is 3. The highest BCUT2D eigenvalue weighted by atomic mass is 35.5. The number of carbonyl (C=O) groups excluding carboxylic acids is 3. The van der Waals surface area contributed by atoms with Gasteiger partial charge in [-0.05, 0) is 69.9 Å². The molecule has 0 spiro atoms. The number of ether oxygens (including phenoxy) is 1. The Balaban J connectivity index is 1.12. The zero-order valence-electron chi connectivity index (χ0n) is 31.3. The van der Waals surface area contributed by atoms with E-state index in [4.69, 9.17) is 16.3 Å². The first-order chi connectivity index (χ1) is 26.4. The molecule has 1 unspecified atom stereocenters. The molecule has 0 aliphatic carbocycles. The van der Waals surface area contributed by atoms with Gasteiger partial charge < -0.3 is 29.3 Å². The molecule has 0 saturated carbocycles. The number of piperazine rings is 1. The lowest BCUT2D eigenvalue weighted by atomic mass is 9.98. The molecule has 0 bridgehead atoms. The van der Waals surface area contributed by atoms with Gasteiger partial charge in [-0.2, -0.15) is 5.10 Å². The number of anilines is 1. The monoisotopic (exact) mass is 772 g/mol. The van der Waals surface area contributed by atoms with Crippen molar-refractivity contribution in [3.8, 4) is 39.4 Å². The Morgan fingerprint density at radius 2 is 1.64 bits per heavy atom. The van der Waals surface area contributed by atoms with Crippen molar-refractivity contribution in [1.82, 2.24) is 34.4 Å². The number of imidazole rings is 1. The number of carbonyl (C=O) groups is 3. The predicted molar refractivity (Wildman–Crippen MR) is 207 cm³/mol. The van der Waals surface area contributed by atoms with Crippen molar-refractivity contribution in [1.29, 1.82) is 0 Å². The maximum Gasteiger partial charge on any atom is 0.291 e. The van der Waals surface area contributed by atoms with Gasteiger partial charge in [0.15, 0.2) is 17.5 Å². The molecule has 55 heavy (non-hydrogen) atoms.